The van der Waals surface area contributed by atoms with Crippen LogP contribution < -0.4 is 0 Å². The van der Waals surface area contributed by atoms with Crippen molar-refractivity contribution in [2.45, 2.75) is 77.9 Å². The Labute approximate surface area is 114 Å². The Bertz CT molecular complexity index is 197. The Kier molecular flexibility index (Phi) is 8.83. The minimum atomic E-state index is 0. The summed E-state index contributed by atoms with van der Waals surface area (Å²) in [5, 5.41) is 0. The van der Waals surface area contributed by atoms with Crippen LogP contribution >= 0.6 is 0 Å². The van der Waals surface area contributed by atoms with Gasteiger partial charge < -0.3 is 15.3 Å². The third-order valence-corrected chi connectivity index (χ3v) is 4.46. The Morgan fingerprint density at radius 1 is 0.944 bits per heavy atom. The van der Waals surface area contributed by atoms with Crippen molar-refractivity contribution in [1.29, 1.82) is 0 Å². The first-order chi connectivity index (χ1) is 8.18. The summed E-state index contributed by atoms with van der Waals surface area (Å²) in [6.45, 7) is 11.2. The van der Waals surface area contributed by atoms with E-state index in [1.54, 1.807) is 0 Å². The second-order valence-corrected chi connectivity index (χ2v) is 5.61. The molecule has 110 valence electrons. The average Bonchev–Trinajstić information content (AvgIpc) is 2.29. The standard InChI is InChI=1S/C13H26N2.C2H6.H2O/c1-11(2)15-9-7-13(8-10-15)14(3)12-5-4-6-12;1-2;/h11-13H,4-10H2,1-3H3;1-2H3;1H2. The molecule has 0 aromatic heterocycles. The van der Waals surface area contributed by atoms with Crippen molar-refractivity contribution in [3.8, 4) is 0 Å². The van der Waals surface area contributed by atoms with Gasteiger partial charge in [0, 0.05) is 18.1 Å². The highest BCUT2D eigenvalue weighted by Crippen LogP contribution is 2.28. The zero-order valence-electron chi connectivity index (χ0n) is 13.1. The maximum Gasteiger partial charge on any atom is 0.0119 e. The number of hydrogen-bond donors (Lipinski definition) is 0. The van der Waals surface area contributed by atoms with Crippen LogP contribution in [0.1, 0.15) is 59.8 Å². The van der Waals surface area contributed by atoms with E-state index in [1.807, 2.05) is 13.8 Å². The van der Waals surface area contributed by atoms with Crippen LogP contribution in [0.5, 0.6) is 0 Å². The SMILES string of the molecule is CC.CC(C)N1CCC(N(C)C2CCC2)CC1.O. The highest BCUT2D eigenvalue weighted by atomic mass is 16.0. The predicted molar refractivity (Wildman–Crippen MR) is 80.1 cm³/mol. The number of piperidine rings is 1. The van der Waals surface area contributed by atoms with Gasteiger partial charge in [0.05, 0.1) is 0 Å². The number of nitrogens with zero attached hydrogens (tertiary/aromatic N) is 2. The third-order valence-electron chi connectivity index (χ3n) is 4.46. The highest BCUT2D eigenvalue weighted by molar-refractivity contribution is 4.86. The molecule has 18 heavy (non-hydrogen) atoms. The van der Waals surface area contributed by atoms with Gasteiger partial charge in [-0.15, -0.1) is 0 Å². The fourth-order valence-electron chi connectivity index (χ4n) is 2.90. The molecule has 2 fully saturated rings. The molecule has 0 aromatic rings. The summed E-state index contributed by atoms with van der Waals surface area (Å²) in [7, 11) is 2.35. The quantitative estimate of drug-likeness (QED) is 0.780. The lowest BCUT2D eigenvalue weighted by Crippen LogP contribution is -2.50. The number of rotatable bonds is 3. The summed E-state index contributed by atoms with van der Waals surface area (Å²) in [5.41, 5.74) is 0. The van der Waals surface area contributed by atoms with Crippen LogP contribution in [0.4, 0.5) is 0 Å². The van der Waals surface area contributed by atoms with E-state index in [0.717, 1.165) is 18.1 Å². The first-order valence-electron chi connectivity index (χ1n) is 7.64. The predicted octanol–water partition coefficient (Wildman–Crippen LogP) is 2.55. The van der Waals surface area contributed by atoms with E-state index in [1.165, 1.54) is 45.2 Å². The van der Waals surface area contributed by atoms with E-state index >= 15 is 0 Å². The first-order valence-corrected chi connectivity index (χ1v) is 7.64. The van der Waals surface area contributed by atoms with Crippen LogP contribution in [-0.2, 0) is 0 Å². The van der Waals surface area contributed by atoms with E-state index in [-0.39, 0.29) is 5.48 Å². The van der Waals surface area contributed by atoms with Gasteiger partial charge in [-0.3, -0.25) is 0 Å². The maximum atomic E-state index is 2.67. The molecule has 1 saturated heterocycles. The Balaban J connectivity index is 0.000000917. The van der Waals surface area contributed by atoms with E-state index in [9.17, 15) is 0 Å². The topological polar surface area (TPSA) is 38.0 Å². The van der Waals surface area contributed by atoms with Crippen LogP contribution in [0, 0.1) is 0 Å². The Hall–Kier alpha value is -0.120. The largest absolute Gasteiger partial charge is 0.412 e. The summed E-state index contributed by atoms with van der Waals surface area (Å²) >= 11 is 0. The van der Waals surface area contributed by atoms with Gasteiger partial charge in [0.25, 0.3) is 0 Å². The normalized spacial score (nSPS) is 22.2. The molecule has 0 atom stereocenters. The summed E-state index contributed by atoms with van der Waals surface area (Å²) < 4.78 is 0. The first kappa shape index (κ1) is 17.9. The van der Waals surface area contributed by atoms with Gasteiger partial charge in [0.1, 0.15) is 0 Å². The monoisotopic (exact) mass is 258 g/mol. The van der Waals surface area contributed by atoms with E-state index in [4.69, 9.17) is 0 Å². The van der Waals surface area contributed by atoms with Gasteiger partial charge in [-0.1, -0.05) is 20.3 Å². The minimum Gasteiger partial charge on any atom is -0.412 e. The van der Waals surface area contributed by atoms with Crippen LogP contribution in [0.25, 0.3) is 0 Å². The van der Waals surface area contributed by atoms with Gasteiger partial charge in [-0.25, -0.2) is 0 Å². The third kappa shape index (κ3) is 4.52. The van der Waals surface area contributed by atoms with Crippen LogP contribution in [0.3, 0.4) is 0 Å². The molecular weight excluding hydrogens is 224 g/mol. The zero-order chi connectivity index (χ0) is 12.8. The molecule has 2 rings (SSSR count). The molecule has 2 N–H and O–H groups in total. The van der Waals surface area contributed by atoms with Gasteiger partial charge >= 0.3 is 0 Å². The Morgan fingerprint density at radius 2 is 1.39 bits per heavy atom. The van der Waals surface area contributed by atoms with Crippen molar-refractivity contribution in [2.24, 2.45) is 0 Å². The molecule has 0 radical (unpaired) electrons. The van der Waals surface area contributed by atoms with Crippen LogP contribution in [0.2, 0.25) is 0 Å². The molecule has 1 aliphatic heterocycles. The average molecular weight is 258 g/mol. The molecule has 3 nitrogen and oxygen atoms in total. The fraction of sp³-hybridized carbons (Fsp3) is 1.00. The van der Waals surface area contributed by atoms with Gasteiger partial charge in [-0.2, -0.15) is 0 Å². The molecule has 1 saturated carbocycles. The van der Waals surface area contributed by atoms with E-state index < -0.39 is 0 Å². The summed E-state index contributed by atoms with van der Waals surface area (Å²) in [5.74, 6) is 0. The fourth-order valence-corrected chi connectivity index (χ4v) is 2.90. The lowest BCUT2D eigenvalue weighted by atomic mass is 9.89. The van der Waals surface area contributed by atoms with Gasteiger partial charge in [-0.05, 0) is 59.7 Å². The van der Waals surface area contributed by atoms with Crippen molar-refractivity contribution in [1.82, 2.24) is 9.80 Å². The summed E-state index contributed by atoms with van der Waals surface area (Å²) in [6, 6.07) is 2.52. The molecule has 0 bridgehead atoms. The maximum absolute atomic E-state index is 2.67. The minimum absolute atomic E-state index is 0. The molecule has 0 amide bonds. The van der Waals surface area contributed by atoms with Crippen molar-refractivity contribution in [2.75, 3.05) is 20.1 Å². The van der Waals surface area contributed by atoms with Gasteiger partial charge in [0.15, 0.2) is 0 Å². The summed E-state index contributed by atoms with van der Waals surface area (Å²) in [4.78, 5) is 5.28. The smallest absolute Gasteiger partial charge is 0.0119 e. The van der Waals surface area contributed by atoms with Gasteiger partial charge in [0.2, 0.25) is 0 Å². The Morgan fingerprint density at radius 3 is 1.72 bits per heavy atom. The summed E-state index contributed by atoms with van der Waals surface area (Å²) in [6.07, 6.45) is 7.11. The van der Waals surface area contributed by atoms with E-state index in [2.05, 4.69) is 30.7 Å². The second-order valence-electron chi connectivity index (χ2n) is 5.61. The van der Waals surface area contributed by atoms with E-state index in [0.29, 0.717) is 0 Å². The molecule has 0 spiro atoms. The zero-order valence-corrected chi connectivity index (χ0v) is 13.1. The molecule has 0 aromatic carbocycles. The second kappa shape index (κ2) is 8.89. The molecular formula is C15H34N2O. The lowest BCUT2D eigenvalue weighted by molar-refractivity contribution is 0.0550. The van der Waals surface area contributed by atoms with Crippen molar-refractivity contribution in [3.05, 3.63) is 0 Å². The molecule has 1 heterocycles. The molecule has 2 aliphatic rings. The van der Waals surface area contributed by atoms with Crippen molar-refractivity contribution >= 4 is 0 Å². The molecule has 3 heteroatoms. The van der Waals surface area contributed by atoms with Crippen LogP contribution in [-0.4, -0.2) is 53.5 Å². The van der Waals surface area contributed by atoms with Crippen LogP contribution in [0.15, 0.2) is 0 Å². The lowest BCUT2D eigenvalue weighted by Gasteiger charge is -2.44. The molecule has 0 unspecified atom stereocenters. The number of hydrogen-bond acceptors (Lipinski definition) is 2. The molecule has 1 aliphatic carbocycles. The van der Waals surface area contributed by atoms with Crippen molar-refractivity contribution in [3.63, 3.8) is 0 Å². The highest BCUT2D eigenvalue weighted by Gasteiger charge is 2.30. The van der Waals surface area contributed by atoms with Crippen molar-refractivity contribution < 1.29 is 5.48 Å². The number of likely N-dealkylation sites (tertiary alicyclic amines) is 1.